The highest BCUT2D eigenvalue weighted by Gasteiger charge is 2.21. The molecule has 0 radical (unpaired) electrons. The molecule has 1 aromatic heterocycles. The zero-order valence-electron chi connectivity index (χ0n) is 16.3. The molecule has 2 rings (SSSR count). The van der Waals surface area contributed by atoms with Crippen molar-refractivity contribution in [3.8, 4) is 6.07 Å². The van der Waals surface area contributed by atoms with Crippen LogP contribution in [0.5, 0.6) is 0 Å². The van der Waals surface area contributed by atoms with Crippen LogP contribution in [0.1, 0.15) is 38.8 Å². The molecule has 6 nitrogen and oxygen atoms in total. The van der Waals surface area contributed by atoms with Gasteiger partial charge in [-0.05, 0) is 52.3 Å². The normalized spacial score (nSPS) is 11.9. The first-order valence-electron chi connectivity index (χ1n) is 8.75. The molecular formula is C21H24N2O4. The lowest BCUT2D eigenvalue weighted by Crippen LogP contribution is -2.24. The molecule has 0 aliphatic heterocycles. The van der Waals surface area contributed by atoms with Gasteiger partial charge < -0.3 is 14.0 Å². The SMILES string of the molecule is CCOC(=O)Cn1cc(/C=C(\C#N)C(=O)OC(C)(C)C)c2c(C)cccc21. The highest BCUT2D eigenvalue weighted by atomic mass is 16.6. The van der Waals surface area contributed by atoms with E-state index in [2.05, 4.69) is 0 Å². The number of hydrogen-bond acceptors (Lipinski definition) is 5. The van der Waals surface area contributed by atoms with E-state index in [1.165, 1.54) is 6.08 Å². The summed E-state index contributed by atoms with van der Waals surface area (Å²) in [6, 6.07) is 7.63. The van der Waals surface area contributed by atoms with E-state index in [1.54, 1.807) is 38.5 Å². The molecule has 0 aliphatic carbocycles. The average Bonchev–Trinajstić information content (AvgIpc) is 2.90. The van der Waals surface area contributed by atoms with Gasteiger partial charge in [-0.2, -0.15) is 5.26 Å². The maximum absolute atomic E-state index is 12.3. The van der Waals surface area contributed by atoms with Gasteiger partial charge in [-0.25, -0.2) is 4.79 Å². The maximum Gasteiger partial charge on any atom is 0.349 e. The van der Waals surface area contributed by atoms with Crippen LogP contribution in [0.25, 0.3) is 17.0 Å². The van der Waals surface area contributed by atoms with Crippen LogP contribution in [0.3, 0.4) is 0 Å². The molecule has 1 aromatic carbocycles. The van der Waals surface area contributed by atoms with Crippen LogP contribution in [0.4, 0.5) is 0 Å². The molecule has 0 atom stereocenters. The Morgan fingerprint density at radius 1 is 1.30 bits per heavy atom. The topological polar surface area (TPSA) is 81.3 Å². The number of nitrogens with zero attached hydrogens (tertiary/aromatic N) is 2. The number of hydrogen-bond donors (Lipinski definition) is 0. The summed E-state index contributed by atoms with van der Waals surface area (Å²) >= 11 is 0. The number of aryl methyl sites for hydroxylation is 1. The van der Waals surface area contributed by atoms with Crippen molar-refractivity contribution in [2.75, 3.05) is 6.61 Å². The molecule has 0 aliphatic rings. The second kappa shape index (κ2) is 8.09. The predicted octanol–water partition coefficient (Wildman–Crippen LogP) is 3.76. The number of nitriles is 1. The van der Waals surface area contributed by atoms with E-state index in [0.717, 1.165) is 16.5 Å². The first kappa shape index (κ1) is 20.2. The number of carbonyl (C=O) groups is 2. The van der Waals surface area contributed by atoms with Gasteiger partial charge in [0.25, 0.3) is 0 Å². The van der Waals surface area contributed by atoms with Crippen molar-refractivity contribution in [3.05, 3.63) is 41.1 Å². The van der Waals surface area contributed by atoms with Gasteiger partial charge in [0, 0.05) is 22.7 Å². The first-order valence-corrected chi connectivity index (χ1v) is 8.75. The van der Waals surface area contributed by atoms with Gasteiger partial charge in [0.05, 0.1) is 6.61 Å². The maximum atomic E-state index is 12.3. The van der Waals surface area contributed by atoms with E-state index < -0.39 is 11.6 Å². The quantitative estimate of drug-likeness (QED) is 0.456. The van der Waals surface area contributed by atoms with E-state index in [4.69, 9.17) is 9.47 Å². The summed E-state index contributed by atoms with van der Waals surface area (Å²) in [6.07, 6.45) is 3.25. The van der Waals surface area contributed by atoms with E-state index in [9.17, 15) is 14.9 Å². The average molecular weight is 368 g/mol. The summed E-state index contributed by atoms with van der Waals surface area (Å²) in [6.45, 7) is 9.29. The van der Waals surface area contributed by atoms with Crippen molar-refractivity contribution >= 4 is 28.9 Å². The smallest absolute Gasteiger partial charge is 0.349 e. The Morgan fingerprint density at radius 2 is 2.00 bits per heavy atom. The minimum absolute atomic E-state index is 0.0515. The third-order valence-corrected chi connectivity index (χ3v) is 3.79. The molecule has 0 saturated carbocycles. The second-order valence-electron chi connectivity index (χ2n) is 7.16. The largest absolute Gasteiger partial charge is 0.465 e. The number of carbonyl (C=O) groups excluding carboxylic acids is 2. The summed E-state index contributed by atoms with van der Waals surface area (Å²) in [4.78, 5) is 24.2. The van der Waals surface area contributed by atoms with Crippen molar-refractivity contribution in [3.63, 3.8) is 0 Å². The number of benzene rings is 1. The Balaban J connectivity index is 2.53. The fraction of sp³-hybridized carbons (Fsp3) is 0.381. The van der Waals surface area contributed by atoms with Crippen molar-refractivity contribution in [2.45, 2.75) is 46.8 Å². The van der Waals surface area contributed by atoms with Crippen LogP contribution in [-0.4, -0.2) is 28.7 Å². The first-order chi connectivity index (χ1) is 12.7. The van der Waals surface area contributed by atoms with Crippen LogP contribution in [0.15, 0.2) is 30.0 Å². The van der Waals surface area contributed by atoms with Gasteiger partial charge >= 0.3 is 11.9 Å². The number of fused-ring (bicyclic) bond motifs is 1. The lowest BCUT2D eigenvalue weighted by Gasteiger charge is -2.18. The molecule has 0 N–H and O–H groups in total. The van der Waals surface area contributed by atoms with Gasteiger partial charge in [0.15, 0.2) is 0 Å². The second-order valence-corrected chi connectivity index (χ2v) is 7.16. The summed E-state index contributed by atoms with van der Waals surface area (Å²) < 4.78 is 12.1. The minimum atomic E-state index is -0.694. The van der Waals surface area contributed by atoms with Crippen LogP contribution < -0.4 is 0 Å². The van der Waals surface area contributed by atoms with Gasteiger partial charge in [0.2, 0.25) is 0 Å². The minimum Gasteiger partial charge on any atom is -0.465 e. The Labute approximate surface area is 159 Å². The lowest BCUT2D eigenvalue weighted by atomic mass is 10.1. The van der Waals surface area contributed by atoms with Gasteiger partial charge in [-0.15, -0.1) is 0 Å². The summed E-state index contributed by atoms with van der Waals surface area (Å²) in [7, 11) is 0. The zero-order chi connectivity index (χ0) is 20.2. The highest BCUT2D eigenvalue weighted by Crippen LogP contribution is 2.27. The summed E-state index contributed by atoms with van der Waals surface area (Å²) in [5, 5.41) is 10.3. The Bertz CT molecular complexity index is 939. The molecule has 0 saturated heterocycles. The van der Waals surface area contributed by atoms with Crippen LogP contribution in [0, 0.1) is 18.3 Å². The van der Waals surface area contributed by atoms with Crippen molar-refractivity contribution in [2.24, 2.45) is 0 Å². The third-order valence-electron chi connectivity index (χ3n) is 3.79. The zero-order valence-corrected chi connectivity index (χ0v) is 16.3. The number of rotatable bonds is 5. The fourth-order valence-corrected chi connectivity index (χ4v) is 2.78. The third kappa shape index (κ3) is 4.98. The van der Waals surface area contributed by atoms with Crippen LogP contribution >= 0.6 is 0 Å². The Morgan fingerprint density at radius 3 is 2.59 bits per heavy atom. The van der Waals surface area contributed by atoms with E-state index in [1.807, 2.05) is 31.2 Å². The standard InChI is InChI=1S/C21H24N2O4/c1-6-26-18(24)13-23-12-16(19-14(2)8-7-9-17(19)23)10-15(11-22)20(25)27-21(3,4)5/h7-10,12H,6,13H2,1-5H3/b15-10+. The molecule has 6 heteroatoms. The molecule has 0 spiro atoms. The molecule has 1 heterocycles. The molecular weight excluding hydrogens is 344 g/mol. The molecule has 0 amide bonds. The van der Waals surface area contributed by atoms with Gasteiger partial charge in [-0.3, -0.25) is 4.79 Å². The van der Waals surface area contributed by atoms with Crippen LogP contribution in [-0.2, 0) is 25.6 Å². The van der Waals surface area contributed by atoms with E-state index in [-0.39, 0.29) is 18.1 Å². The van der Waals surface area contributed by atoms with E-state index >= 15 is 0 Å². The van der Waals surface area contributed by atoms with Crippen molar-refractivity contribution < 1.29 is 19.1 Å². The van der Waals surface area contributed by atoms with Crippen LogP contribution in [0.2, 0.25) is 0 Å². The van der Waals surface area contributed by atoms with Crippen molar-refractivity contribution in [1.82, 2.24) is 4.57 Å². The number of aromatic nitrogens is 1. The molecule has 2 aromatic rings. The molecule has 142 valence electrons. The Hall–Kier alpha value is -3.07. The number of esters is 2. The molecule has 0 fully saturated rings. The van der Waals surface area contributed by atoms with E-state index in [0.29, 0.717) is 12.2 Å². The van der Waals surface area contributed by atoms with Gasteiger partial charge in [0.1, 0.15) is 23.8 Å². The van der Waals surface area contributed by atoms with Crippen molar-refractivity contribution in [1.29, 1.82) is 5.26 Å². The predicted molar refractivity (Wildman–Crippen MR) is 103 cm³/mol. The van der Waals surface area contributed by atoms with Gasteiger partial charge in [-0.1, -0.05) is 12.1 Å². The summed E-state index contributed by atoms with van der Waals surface area (Å²) in [5.41, 5.74) is 1.69. The monoisotopic (exact) mass is 368 g/mol. The fourth-order valence-electron chi connectivity index (χ4n) is 2.78. The Kier molecular flexibility index (Phi) is 6.06. The summed E-state index contributed by atoms with van der Waals surface area (Å²) in [5.74, 6) is -1.02. The molecule has 0 unspecified atom stereocenters. The molecule has 0 bridgehead atoms. The molecule has 27 heavy (non-hydrogen) atoms. The highest BCUT2D eigenvalue weighted by molar-refractivity contribution is 6.02. The number of ether oxygens (including phenoxy) is 2. The lowest BCUT2D eigenvalue weighted by molar-refractivity contribution is -0.149.